The van der Waals surface area contributed by atoms with Crippen LogP contribution < -0.4 is 15.4 Å². The highest BCUT2D eigenvalue weighted by Crippen LogP contribution is 2.24. The fraction of sp³-hybridized carbons (Fsp3) is 0.278. The molecule has 0 radical (unpaired) electrons. The molecule has 0 aliphatic carbocycles. The average Bonchev–Trinajstić information content (AvgIpc) is 2.60. The molecule has 0 bridgehead atoms. The summed E-state index contributed by atoms with van der Waals surface area (Å²) < 4.78 is 5.76. The Balaban J connectivity index is 1.90. The van der Waals surface area contributed by atoms with Gasteiger partial charge in [-0.1, -0.05) is 48.0 Å². The molecule has 0 saturated heterocycles. The Hall–Kier alpha value is -2.24. The Morgan fingerprint density at radius 2 is 1.75 bits per heavy atom. The number of carbonyl (C=O) groups excluding carboxylic acids is 1. The van der Waals surface area contributed by atoms with Gasteiger partial charge in [0.2, 0.25) is 0 Å². The maximum absolute atomic E-state index is 11.7. The van der Waals surface area contributed by atoms with Crippen LogP contribution in [0.3, 0.4) is 0 Å². The minimum atomic E-state index is -0.259. The lowest BCUT2D eigenvalue weighted by Gasteiger charge is -2.13. The summed E-state index contributed by atoms with van der Waals surface area (Å²) in [6.07, 6.45) is 0.537. The monoisotopic (exact) mass is 348 g/mol. The Bertz CT molecular complexity index is 664. The number of rotatable bonds is 8. The lowest BCUT2D eigenvalue weighted by Crippen LogP contribution is -2.36. The molecule has 0 unspecified atom stereocenters. The smallest absolute Gasteiger partial charge is 0.315 e. The van der Waals surface area contributed by atoms with Gasteiger partial charge in [0, 0.05) is 19.7 Å². The summed E-state index contributed by atoms with van der Waals surface area (Å²) in [6.45, 7) is 1.27. The molecule has 2 aromatic rings. The maximum atomic E-state index is 11.7. The quantitative estimate of drug-likeness (QED) is 0.642. The average molecular weight is 349 g/mol. The summed E-state index contributed by atoms with van der Waals surface area (Å²) in [5.74, 6) is 0.628. The van der Waals surface area contributed by atoms with E-state index in [1.807, 2.05) is 42.5 Å². The number of carbonyl (C=O) groups is 1. The van der Waals surface area contributed by atoms with Crippen molar-refractivity contribution in [2.75, 3.05) is 13.2 Å². The summed E-state index contributed by atoms with van der Waals surface area (Å²) >= 11 is 6.09. The SMILES string of the molecule is O=C(NCCCO)NCc1ccccc1COc1ccccc1Cl. The van der Waals surface area contributed by atoms with E-state index in [-0.39, 0.29) is 12.6 Å². The van der Waals surface area contributed by atoms with Crippen LogP contribution in [-0.4, -0.2) is 24.3 Å². The molecule has 128 valence electrons. The van der Waals surface area contributed by atoms with Gasteiger partial charge >= 0.3 is 6.03 Å². The zero-order valence-electron chi connectivity index (χ0n) is 13.3. The van der Waals surface area contributed by atoms with Crippen LogP contribution in [0.1, 0.15) is 17.5 Å². The lowest BCUT2D eigenvalue weighted by atomic mass is 10.1. The van der Waals surface area contributed by atoms with Gasteiger partial charge in [-0.15, -0.1) is 0 Å². The van der Waals surface area contributed by atoms with E-state index in [1.165, 1.54) is 0 Å². The van der Waals surface area contributed by atoms with Crippen molar-refractivity contribution in [1.82, 2.24) is 10.6 Å². The number of benzene rings is 2. The van der Waals surface area contributed by atoms with E-state index in [0.717, 1.165) is 11.1 Å². The summed E-state index contributed by atoms with van der Waals surface area (Å²) in [7, 11) is 0. The lowest BCUT2D eigenvalue weighted by molar-refractivity contribution is 0.237. The number of aliphatic hydroxyl groups excluding tert-OH is 1. The number of aliphatic hydroxyl groups is 1. The molecule has 6 heteroatoms. The van der Waals surface area contributed by atoms with Gasteiger partial charge in [-0.25, -0.2) is 4.79 Å². The van der Waals surface area contributed by atoms with Crippen molar-refractivity contribution in [3.8, 4) is 5.75 Å². The Kier molecular flexibility index (Phi) is 7.39. The molecule has 0 aliphatic heterocycles. The molecule has 0 aromatic heterocycles. The number of amides is 2. The molecule has 0 spiro atoms. The molecule has 2 aromatic carbocycles. The van der Waals surface area contributed by atoms with Crippen LogP contribution in [0.4, 0.5) is 4.79 Å². The number of halogens is 1. The number of hydrogen-bond acceptors (Lipinski definition) is 3. The van der Waals surface area contributed by atoms with Gasteiger partial charge in [-0.05, 0) is 29.7 Å². The first kappa shape index (κ1) is 18.1. The molecular weight excluding hydrogens is 328 g/mol. The van der Waals surface area contributed by atoms with Crippen LogP contribution in [0.25, 0.3) is 0 Å². The van der Waals surface area contributed by atoms with Gasteiger partial charge in [0.1, 0.15) is 12.4 Å². The van der Waals surface area contributed by atoms with Crippen LogP contribution in [0, 0.1) is 0 Å². The third-order valence-corrected chi connectivity index (χ3v) is 3.71. The summed E-state index contributed by atoms with van der Waals surface area (Å²) in [4.78, 5) is 11.7. The van der Waals surface area contributed by atoms with Gasteiger partial charge < -0.3 is 20.5 Å². The standard InChI is InChI=1S/C18H21ClN2O3/c19-16-8-3-4-9-17(16)24-13-15-7-2-1-6-14(15)12-21-18(23)20-10-5-11-22/h1-4,6-9,22H,5,10-13H2,(H2,20,21,23). The first-order valence-electron chi connectivity index (χ1n) is 7.77. The molecule has 0 aliphatic rings. The largest absolute Gasteiger partial charge is 0.487 e. The molecule has 0 heterocycles. The predicted octanol–water partition coefficient (Wildman–Crippen LogP) is 3.10. The second-order valence-electron chi connectivity index (χ2n) is 5.17. The van der Waals surface area contributed by atoms with Crippen molar-refractivity contribution >= 4 is 17.6 Å². The highest BCUT2D eigenvalue weighted by atomic mass is 35.5. The second kappa shape index (κ2) is 9.80. The van der Waals surface area contributed by atoms with E-state index in [0.29, 0.717) is 36.9 Å². The van der Waals surface area contributed by atoms with E-state index in [2.05, 4.69) is 10.6 Å². The minimum absolute atomic E-state index is 0.0580. The molecule has 0 fully saturated rings. The fourth-order valence-electron chi connectivity index (χ4n) is 2.11. The molecule has 0 saturated carbocycles. The minimum Gasteiger partial charge on any atom is -0.487 e. The third kappa shape index (κ3) is 5.76. The molecule has 2 amide bonds. The number of para-hydroxylation sites is 1. The Morgan fingerprint density at radius 1 is 1.04 bits per heavy atom. The second-order valence-corrected chi connectivity index (χ2v) is 5.58. The van der Waals surface area contributed by atoms with Gasteiger partial charge in [0.25, 0.3) is 0 Å². The fourth-order valence-corrected chi connectivity index (χ4v) is 2.30. The van der Waals surface area contributed by atoms with Crippen LogP contribution in [-0.2, 0) is 13.2 Å². The highest BCUT2D eigenvalue weighted by molar-refractivity contribution is 6.32. The topological polar surface area (TPSA) is 70.6 Å². The van der Waals surface area contributed by atoms with Gasteiger partial charge in [0.15, 0.2) is 0 Å². The number of ether oxygens (including phenoxy) is 1. The molecule has 2 rings (SSSR count). The molecule has 24 heavy (non-hydrogen) atoms. The molecule has 3 N–H and O–H groups in total. The number of hydrogen-bond donors (Lipinski definition) is 3. The normalized spacial score (nSPS) is 10.2. The summed E-state index contributed by atoms with van der Waals surface area (Å²) in [5, 5.41) is 14.7. The van der Waals surface area contributed by atoms with E-state index in [1.54, 1.807) is 6.07 Å². The zero-order chi connectivity index (χ0) is 17.2. The van der Waals surface area contributed by atoms with Crippen molar-refractivity contribution in [2.45, 2.75) is 19.6 Å². The molecule has 0 atom stereocenters. The van der Waals surface area contributed by atoms with Crippen LogP contribution in [0.2, 0.25) is 5.02 Å². The molecular formula is C18H21ClN2O3. The summed E-state index contributed by atoms with van der Waals surface area (Å²) in [5.41, 5.74) is 1.95. The first-order valence-corrected chi connectivity index (χ1v) is 8.15. The first-order chi connectivity index (χ1) is 11.7. The van der Waals surface area contributed by atoms with Gasteiger partial charge in [0.05, 0.1) is 5.02 Å². The predicted molar refractivity (Wildman–Crippen MR) is 94.2 cm³/mol. The van der Waals surface area contributed by atoms with E-state index < -0.39 is 0 Å². The Morgan fingerprint density at radius 3 is 2.50 bits per heavy atom. The van der Waals surface area contributed by atoms with Gasteiger partial charge in [-0.3, -0.25) is 0 Å². The number of urea groups is 1. The zero-order valence-corrected chi connectivity index (χ0v) is 14.1. The highest BCUT2D eigenvalue weighted by Gasteiger charge is 2.06. The van der Waals surface area contributed by atoms with Gasteiger partial charge in [-0.2, -0.15) is 0 Å². The van der Waals surface area contributed by atoms with E-state index in [9.17, 15) is 4.79 Å². The van der Waals surface area contributed by atoms with Crippen molar-refractivity contribution in [3.05, 3.63) is 64.7 Å². The third-order valence-electron chi connectivity index (χ3n) is 3.40. The maximum Gasteiger partial charge on any atom is 0.315 e. The van der Waals surface area contributed by atoms with Crippen molar-refractivity contribution in [3.63, 3.8) is 0 Å². The van der Waals surface area contributed by atoms with Crippen LogP contribution in [0.15, 0.2) is 48.5 Å². The summed E-state index contributed by atoms with van der Waals surface area (Å²) in [6, 6.07) is 14.8. The van der Waals surface area contributed by atoms with Crippen molar-refractivity contribution in [1.29, 1.82) is 0 Å². The van der Waals surface area contributed by atoms with E-state index in [4.69, 9.17) is 21.4 Å². The van der Waals surface area contributed by atoms with Crippen LogP contribution >= 0.6 is 11.6 Å². The van der Waals surface area contributed by atoms with E-state index >= 15 is 0 Å². The van der Waals surface area contributed by atoms with Crippen molar-refractivity contribution < 1.29 is 14.6 Å². The van der Waals surface area contributed by atoms with Crippen molar-refractivity contribution in [2.24, 2.45) is 0 Å². The Labute approximate surface area is 146 Å². The number of nitrogens with one attached hydrogen (secondary N) is 2. The van der Waals surface area contributed by atoms with Crippen LogP contribution in [0.5, 0.6) is 5.75 Å². The molecule has 5 nitrogen and oxygen atoms in total.